The molecule has 0 bridgehead atoms. The number of hydrogen-bond acceptors (Lipinski definition) is 3. The maximum atomic E-state index is 5.87. The summed E-state index contributed by atoms with van der Waals surface area (Å²) in [6.07, 6.45) is 2.92. The van der Waals surface area contributed by atoms with Crippen molar-refractivity contribution in [1.82, 2.24) is 15.1 Å². The van der Waals surface area contributed by atoms with Crippen LogP contribution in [0.15, 0.2) is 17.3 Å². The lowest BCUT2D eigenvalue weighted by Crippen LogP contribution is -2.36. The zero-order valence-electron chi connectivity index (χ0n) is 12.5. The molecule has 6 heteroatoms. The number of nitrogens with zero attached hydrogens (tertiary/aromatic N) is 3. The molecule has 0 aliphatic carbocycles. The van der Waals surface area contributed by atoms with E-state index in [-0.39, 0.29) is 6.10 Å². The van der Waals surface area contributed by atoms with Crippen LogP contribution in [-0.2, 0) is 11.8 Å². The molecule has 0 unspecified atom stereocenters. The van der Waals surface area contributed by atoms with E-state index in [2.05, 4.69) is 29.3 Å². The topological polar surface area (TPSA) is 77.5 Å². The highest BCUT2D eigenvalue weighted by Gasteiger charge is 2.31. The molecule has 20 heavy (non-hydrogen) atoms. The van der Waals surface area contributed by atoms with Crippen molar-refractivity contribution >= 4 is 5.96 Å². The molecular formula is C14H25N5O. The van der Waals surface area contributed by atoms with Crippen molar-refractivity contribution in [2.75, 3.05) is 19.7 Å². The first-order valence-electron chi connectivity index (χ1n) is 7.21. The van der Waals surface area contributed by atoms with Gasteiger partial charge in [0, 0.05) is 38.9 Å². The summed E-state index contributed by atoms with van der Waals surface area (Å²) in [5.74, 6) is 1.44. The predicted molar refractivity (Wildman–Crippen MR) is 79.3 cm³/mol. The summed E-state index contributed by atoms with van der Waals surface area (Å²) in [6.45, 7) is 6.57. The lowest BCUT2D eigenvalue weighted by Gasteiger charge is -2.19. The number of aromatic nitrogens is 2. The van der Waals surface area contributed by atoms with Crippen LogP contribution in [0.5, 0.6) is 0 Å². The fraction of sp³-hybridized carbons (Fsp3) is 0.714. The van der Waals surface area contributed by atoms with E-state index in [0.29, 0.717) is 17.8 Å². The molecule has 1 aromatic heterocycles. The molecule has 6 nitrogen and oxygen atoms in total. The number of aryl methyl sites for hydroxylation is 1. The van der Waals surface area contributed by atoms with E-state index < -0.39 is 0 Å². The van der Waals surface area contributed by atoms with Gasteiger partial charge < -0.3 is 15.8 Å². The van der Waals surface area contributed by atoms with Crippen LogP contribution in [0.2, 0.25) is 0 Å². The molecule has 0 radical (unpaired) electrons. The van der Waals surface area contributed by atoms with Crippen molar-refractivity contribution in [3.63, 3.8) is 0 Å². The summed E-state index contributed by atoms with van der Waals surface area (Å²) >= 11 is 0. The smallest absolute Gasteiger partial charge is 0.188 e. The normalized spacial score (nSPS) is 23.5. The second kappa shape index (κ2) is 6.74. The molecule has 112 valence electrons. The number of ether oxygens (including phenoxy) is 1. The minimum absolute atomic E-state index is 0.0906. The Morgan fingerprint density at radius 2 is 2.45 bits per heavy atom. The molecular weight excluding hydrogens is 254 g/mol. The molecule has 0 amide bonds. The first kappa shape index (κ1) is 14.8. The second-order valence-electron chi connectivity index (χ2n) is 5.72. The Morgan fingerprint density at radius 1 is 1.65 bits per heavy atom. The molecule has 3 N–H and O–H groups in total. The zero-order valence-corrected chi connectivity index (χ0v) is 12.5. The molecule has 2 atom stereocenters. The van der Waals surface area contributed by atoms with Crippen molar-refractivity contribution in [2.24, 2.45) is 29.6 Å². The standard InChI is InChI=1S/C14H25N5O/c1-10(2)8-16-14(15)17-9-11-5-7-20-13(11)12-4-6-18-19(12)3/h4,6,10-11,13H,5,7-9H2,1-3H3,(H3,15,16,17)/t11-,13+/m0/s1. The Morgan fingerprint density at radius 3 is 3.10 bits per heavy atom. The first-order chi connectivity index (χ1) is 9.58. The van der Waals surface area contributed by atoms with E-state index in [4.69, 9.17) is 10.5 Å². The molecule has 1 aliphatic rings. The van der Waals surface area contributed by atoms with Crippen LogP contribution in [0.25, 0.3) is 0 Å². The molecule has 1 fully saturated rings. The Hall–Kier alpha value is -1.56. The van der Waals surface area contributed by atoms with Gasteiger partial charge in [-0.05, 0) is 18.4 Å². The highest BCUT2D eigenvalue weighted by atomic mass is 16.5. The van der Waals surface area contributed by atoms with Gasteiger partial charge in [-0.25, -0.2) is 0 Å². The Bertz CT molecular complexity index is 454. The Balaban J connectivity index is 1.89. The summed E-state index contributed by atoms with van der Waals surface area (Å²) in [5.41, 5.74) is 6.99. The summed E-state index contributed by atoms with van der Waals surface area (Å²) in [5, 5.41) is 7.42. The van der Waals surface area contributed by atoms with Crippen molar-refractivity contribution in [3.8, 4) is 0 Å². The van der Waals surface area contributed by atoms with Gasteiger partial charge in [-0.1, -0.05) is 13.8 Å². The zero-order chi connectivity index (χ0) is 14.5. The molecule has 2 rings (SSSR count). The number of aliphatic imine (C=N–C) groups is 1. The average Bonchev–Trinajstić information content (AvgIpc) is 3.01. The van der Waals surface area contributed by atoms with Crippen molar-refractivity contribution in [1.29, 1.82) is 0 Å². The number of nitrogens with one attached hydrogen (secondary N) is 1. The highest BCUT2D eigenvalue weighted by Crippen LogP contribution is 2.33. The first-order valence-corrected chi connectivity index (χ1v) is 7.21. The van der Waals surface area contributed by atoms with Gasteiger partial charge in [0.15, 0.2) is 5.96 Å². The SMILES string of the molecule is CC(C)CN=C(N)NC[C@@H]1CCO[C@H]1c1ccnn1C. The van der Waals surface area contributed by atoms with E-state index >= 15 is 0 Å². The molecule has 0 saturated carbocycles. The summed E-state index contributed by atoms with van der Waals surface area (Å²) in [6, 6.07) is 2.01. The molecule has 1 saturated heterocycles. The van der Waals surface area contributed by atoms with Gasteiger partial charge >= 0.3 is 0 Å². The van der Waals surface area contributed by atoms with Crippen molar-refractivity contribution in [2.45, 2.75) is 26.4 Å². The van der Waals surface area contributed by atoms with E-state index in [1.165, 1.54) is 0 Å². The summed E-state index contributed by atoms with van der Waals surface area (Å²) in [4.78, 5) is 4.31. The van der Waals surface area contributed by atoms with Gasteiger partial charge in [0.2, 0.25) is 0 Å². The lowest BCUT2D eigenvalue weighted by atomic mass is 9.99. The van der Waals surface area contributed by atoms with Crippen LogP contribution in [0.4, 0.5) is 0 Å². The van der Waals surface area contributed by atoms with Crippen molar-refractivity contribution < 1.29 is 4.74 Å². The van der Waals surface area contributed by atoms with Gasteiger partial charge in [-0.2, -0.15) is 5.10 Å². The second-order valence-corrected chi connectivity index (χ2v) is 5.72. The highest BCUT2D eigenvalue weighted by molar-refractivity contribution is 5.77. The monoisotopic (exact) mass is 279 g/mol. The number of rotatable bonds is 5. The van der Waals surface area contributed by atoms with Crippen LogP contribution >= 0.6 is 0 Å². The minimum atomic E-state index is 0.0906. The van der Waals surface area contributed by atoms with Crippen LogP contribution in [0, 0.1) is 11.8 Å². The third-order valence-electron chi connectivity index (χ3n) is 3.54. The van der Waals surface area contributed by atoms with Gasteiger partial charge in [-0.3, -0.25) is 9.67 Å². The quantitative estimate of drug-likeness (QED) is 0.624. The molecule has 1 aliphatic heterocycles. The summed E-state index contributed by atoms with van der Waals surface area (Å²) in [7, 11) is 1.94. The fourth-order valence-electron chi connectivity index (χ4n) is 2.41. The van der Waals surface area contributed by atoms with Gasteiger partial charge in [0.1, 0.15) is 6.10 Å². The van der Waals surface area contributed by atoms with E-state index in [1.54, 1.807) is 6.20 Å². The van der Waals surface area contributed by atoms with Crippen LogP contribution in [-0.4, -0.2) is 35.4 Å². The van der Waals surface area contributed by atoms with E-state index in [0.717, 1.165) is 31.8 Å². The van der Waals surface area contributed by atoms with Gasteiger partial charge in [0.25, 0.3) is 0 Å². The van der Waals surface area contributed by atoms with Crippen LogP contribution in [0.3, 0.4) is 0 Å². The lowest BCUT2D eigenvalue weighted by molar-refractivity contribution is 0.0848. The van der Waals surface area contributed by atoms with Gasteiger partial charge in [-0.15, -0.1) is 0 Å². The number of guanidine groups is 1. The van der Waals surface area contributed by atoms with E-state index in [9.17, 15) is 0 Å². The maximum Gasteiger partial charge on any atom is 0.188 e. The summed E-state index contributed by atoms with van der Waals surface area (Å²) < 4.78 is 7.71. The number of nitrogens with two attached hydrogens (primary N) is 1. The van der Waals surface area contributed by atoms with E-state index in [1.807, 2.05) is 17.8 Å². The molecule has 0 spiro atoms. The van der Waals surface area contributed by atoms with Crippen molar-refractivity contribution in [3.05, 3.63) is 18.0 Å². The van der Waals surface area contributed by atoms with Gasteiger partial charge in [0.05, 0.1) is 5.69 Å². The maximum absolute atomic E-state index is 5.87. The fourth-order valence-corrected chi connectivity index (χ4v) is 2.41. The Labute approximate surface area is 120 Å². The minimum Gasteiger partial charge on any atom is -0.372 e. The Kier molecular flexibility index (Phi) is 5.00. The predicted octanol–water partition coefficient (Wildman–Crippen LogP) is 1.06. The molecule has 1 aromatic rings. The molecule has 0 aromatic carbocycles. The third kappa shape index (κ3) is 3.72. The van der Waals surface area contributed by atoms with Crippen LogP contribution in [0.1, 0.15) is 32.1 Å². The largest absolute Gasteiger partial charge is 0.372 e. The number of hydrogen-bond donors (Lipinski definition) is 2. The van der Waals surface area contributed by atoms with Crippen LogP contribution < -0.4 is 11.1 Å². The average molecular weight is 279 g/mol. The third-order valence-corrected chi connectivity index (χ3v) is 3.54. The molecule has 2 heterocycles.